The number of pyridine rings is 2. The molecule has 0 aliphatic carbocycles. The van der Waals surface area contributed by atoms with Crippen molar-refractivity contribution in [2.45, 2.75) is 5.33 Å². The van der Waals surface area contributed by atoms with Crippen LogP contribution in [-0.4, -0.2) is 31.3 Å². The molecule has 0 spiro atoms. The van der Waals surface area contributed by atoms with E-state index in [4.69, 9.17) is 14.2 Å². The summed E-state index contributed by atoms with van der Waals surface area (Å²) in [5.74, 6) is 1.76. The van der Waals surface area contributed by atoms with Crippen molar-refractivity contribution in [2.24, 2.45) is 0 Å². The molecular weight excluding hydrogens is 324 g/mol. The summed E-state index contributed by atoms with van der Waals surface area (Å²) in [6.45, 7) is 0. The molecule has 5 nitrogen and oxygen atoms in total. The number of halogens is 1. The Balaban J connectivity index is 2.50. The van der Waals surface area contributed by atoms with Crippen LogP contribution in [0.15, 0.2) is 24.4 Å². The summed E-state index contributed by atoms with van der Waals surface area (Å²) in [6, 6.07) is 5.58. The first kappa shape index (κ1) is 14.6. The number of alkyl halides is 1. The van der Waals surface area contributed by atoms with Gasteiger partial charge in [-0.15, -0.1) is 0 Å². The summed E-state index contributed by atoms with van der Waals surface area (Å²) in [6.07, 6.45) is 1.70. The molecule has 2 rings (SSSR count). The summed E-state index contributed by atoms with van der Waals surface area (Å²) in [7, 11) is 4.76. The Kier molecular flexibility index (Phi) is 4.79. The second-order valence-corrected chi connectivity index (χ2v) is 4.51. The van der Waals surface area contributed by atoms with Gasteiger partial charge in [0.1, 0.15) is 5.75 Å². The Morgan fingerprint density at radius 3 is 2.45 bits per heavy atom. The van der Waals surface area contributed by atoms with Gasteiger partial charge in [-0.2, -0.15) is 0 Å². The van der Waals surface area contributed by atoms with Crippen molar-refractivity contribution in [1.82, 2.24) is 9.97 Å². The van der Waals surface area contributed by atoms with E-state index in [-0.39, 0.29) is 0 Å². The monoisotopic (exact) mass is 338 g/mol. The highest BCUT2D eigenvalue weighted by Crippen LogP contribution is 2.30. The lowest BCUT2D eigenvalue weighted by atomic mass is 10.1. The van der Waals surface area contributed by atoms with Gasteiger partial charge in [0, 0.05) is 29.2 Å². The second kappa shape index (κ2) is 6.56. The van der Waals surface area contributed by atoms with Crippen LogP contribution in [0.2, 0.25) is 0 Å². The van der Waals surface area contributed by atoms with Gasteiger partial charge in [-0.3, -0.25) is 4.98 Å². The summed E-state index contributed by atoms with van der Waals surface area (Å²) < 4.78 is 15.7. The van der Waals surface area contributed by atoms with Crippen LogP contribution < -0.4 is 14.2 Å². The van der Waals surface area contributed by atoms with Gasteiger partial charge in [0.15, 0.2) is 5.75 Å². The Labute approximate surface area is 126 Å². The topological polar surface area (TPSA) is 53.5 Å². The number of aromatic nitrogens is 2. The van der Waals surface area contributed by atoms with E-state index in [0.29, 0.717) is 17.0 Å². The normalized spacial score (nSPS) is 10.2. The molecule has 0 N–H and O–H groups in total. The van der Waals surface area contributed by atoms with Crippen LogP contribution in [0.3, 0.4) is 0 Å². The van der Waals surface area contributed by atoms with Gasteiger partial charge in [0.05, 0.1) is 32.7 Å². The molecule has 0 radical (unpaired) electrons. The molecule has 2 aromatic heterocycles. The maximum absolute atomic E-state index is 5.28. The lowest BCUT2D eigenvalue weighted by molar-refractivity contribution is 0.343. The van der Waals surface area contributed by atoms with Crippen LogP contribution in [0.1, 0.15) is 5.69 Å². The van der Waals surface area contributed by atoms with E-state index in [1.165, 1.54) is 0 Å². The van der Waals surface area contributed by atoms with Crippen LogP contribution in [0.4, 0.5) is 0 Å². The first-order chi connectivity index (χ1) is 9.71. The van der Waals surface area contributed by atoms with Crippen molar-refractivity contribution < 1.29 is 14.2 Å². The quantitative estimate of drug-likeness (QED) is 0.784. The van der Waals surface area contributed by atoms with Gasteiger partial charge in [0.2, 0.25) is 0 Å². The second-order valence-electron chi connectivity index (χ2n) is 3.95. The molecule has 0 aliphatic rings. The predicted octanol–water partition coefficient (Wildman–Crippen LogP) is 3.06. The Morgan fingerprint density at radius 1 is 1.05 bits per heavy atom. The maximum atomic E-state index is 5.28. The third-order valence-electron chi connectivity index (χ3n) is 2.75. The molecule has 2 aromatic rings. The third kappa shape index (κ3) is 3.01. The van der Waals surface area contributed by atoms with Gasteiger partial charge >= 0.3 is 0 Å². The molecule has 0 fully saturated rings. The molecule has 106 valence electrons. The number of methoxy groups -OCH3 is 3. The molecule has 6 heteroatoms. The first-order valence-electron chi connectivity index (χ1n) is 5.91. The SMILES string of the molecule is COc1cc(CBr)nc(-c2cnc(OC)c(OC)c2)c1. The lowest BCUT2D eigenvalue weighted by Crippen LogP contribution is -1.96. The van der Waals surface area contributed by atoms with Gasteiger partial charge in [-0.1, -0.05) is 15.9 Å². The molecule has 0 bridgehead atoms. The summed E-state index contributed by atoms with van der Waals surface area (Å²) in [5, 5.41) is 0.651. The molecular formula is C14H15BrN2O3. The van der Waals surface area contributed by atoms with Crippen molar-refractivity contribution in [3.8, 4) is 28.6 Å². The van der Waals surface area contributed by atoms with Gasteiger partial charge in [-0.05, 0) is 6.07 Å². The van der Waals surface area contributed by atoms with Crippen LogP contribution in [0.25, 0.3) is 11.3 Å². The van der Waals surface area contributed by atoms with E-state index in [1.54, 1.807) is 27.5 Å². The number of hydrogen-bond donors (Lipinski definition) is 0. The average Bonchev–Trinajstić information content (AvgIpc) is 2.53. The Bertz CT molecular complexity index is 583. The van der Waals surface area contributed by atoms with Crippen LogP contribution in [0.5, 0.6) is 17.4 Å². The Hall–Kier alpha value is -1.82. The van der Waals surface area contributed by atoms with Gasteiger partial charge in [0.25, 0.3) is 5.88 Å². The van der Waals surface area contributed by atoms with Crippen molar-refractivity contribution in [3.05, 3.63) is 30.1 Å². The standard InChI is InChI=1S/C14H15BrN2O3/c1-18-11-5-10(7-15)17-12(6-11)9-4-13(19-2)14(20-3)16-8-9/h4-6,8H,7H2,1-3H3. The van der Waals surface area contributed by atoms with Crippen LogP contribution >= 0.6 is 15.9 Å². The fourth-order valence-electron chi connectivity index (χ4n) is 1.77. The molecule has 0 unspecified atom stereocenters. The Morgan fingerprint density at radius 2 is 1.85 bits per heavy atom. The largest absolute Gasteiger partial charge is 0.497 e. The van der Waals surface area contributed by atoms with E-state index in [9.17, 15) is 0 Å². The van der Waals surface area contributed by atoms with Gasteiger partial charge < -0.3 is 14.2 Å². The van der Waals surface area contributed by atoms with Crippen LogP contribution in [-0.2, 0) is 5.33 Å². The minimum absolute atomic E-state index is 0.444. The summed E-state index contributed by atoms with van der Waals surface area (Å²) in [5.41, 5.74) is 2.49. The predicted molar refractivity (Wildman–Crippen MR) is 79.8 cm³/mol. The average molecular weight is 339 g/mol. The minimum atomic E-state index is 0.444. The number of hydrogen-bond acceptors (Lipinski definition) is 5. The van der Waals surface area contributed by atoms with Crippen molar-refractivity contribution in [3.63, 3.8) is 0 Å². The molecule has 0 aromatic carbocycles. The van der Waals surface area contributed by atoms with E-state index in [1.807, 2.05) is 18.2 Å². The highest BCUT2D eigenvalue weighted by Gasteiger charge is 2.10. The van der Waals surface area contributed by atoms with Crippen molar-refractivity contribution >= 4 is 15.9 Å². The lowest BCUT2D eigenvalue weighted by Gasteiger charge is -2.10. The number of ether oxygens (including phenoxy) is 3. The fraction of sp³-hybridized carbons (Fsp3) is 0.286. The smallest absolute Gasteiger partial charge is 0.256 e. The highest BCUT2D eigenvalue weighted by molar-refractivity contribution is 9.08. The maximum Gasteiger partial charge on any atom is 0.256 e. The highest BCUT2D eigenvalue weighted by atomic mass is 79.9. The van der Waals surface area contributed by atoms with Crippen molar-refractivity contribution in [2.75, 3.05) is 21.3 Å². The molecule has 0 aliphatic heterocycles. The molecule has 0 saturated carbocycles. The molecule has 0 amide bonds. The van der Waals surface area contributed by atoms with E-state index in [2.05, 4.69) is 25.9 Å². The fourth-order valence-corrected chi connectivity index (χ4v) is 2.05. The number of rotatable bonds is 5. The van der Waals surface area contributed by atoms with E-state index < -0.39 is 0 Å². The first-order valence-corrected chi connectivity index (χ1v) is 7.03. The van der Waals surface area contributed by atoms with Crippen molar-refractivity contribution in [1.29, 1.82) is 0 Å². The molecule has 0 atom stereocenters. The molecule has 20 heavy (non-hydrogen) atoms. The summed E-state index contributed by atoms with van der Waals surface area (Å²) in [4.78, 5) is 8.75. The third-order valence-corrected chi connectivity index (χ3v) is 3.33. The number of nitrogens with zero attached hydrogens (tertiary/aromatic N) is 2. The molecule has 0 saturated heterocycles. The van der Waals surface area contributed by atoms with E-state index >= 15 is 0 Å². The van der Waals surface area contributed by atoms with Crippen LogP contribution in [0, 0.1) is 0 Å². The minimum Gasteiger partial charge on any atom is -0.497 e. The summed E-state index contributed by atoms with van der Waals surface area (Å²) >= 11 is 3.40. The zero-order chi connectivity index (χ0) is 14.5. The zero-order valence-electron chi connectivity index (χ0n) is 11.5. The molecule has 2 heterocycles. The van der Waals surface area contributed by atoms with E-state index in [0.717, 1.165) is 22.7 Å². The zero-order valence-corrected chi connectivity index (χ0v) is 13.1. The van der Waals surface area contributed by atoms with Gasteiger partial charge in [-0.25, -0.2) is 4.98 Å².